The molecule has 2 nitrogen and oxygen atoms in total. The smallest absolute Gasteiger partial charge is 0.303 e. The molecule has 0 heterocycles. The second kappa shape index (κ2) is 7.36. The maximum Gasteiger partial charge on any atom is 0.303 e. The van der Waals surface area contributed by atoms with Crippen molar-refractivity contribution >= 4 is 16.8 Å². The van der Waals surface area contributed by atoms with Crippen LogP contribution in [-0.4, -0.2) is 24.8 Å². The number of rotatable bonds is 7. The van der Waals surface area contributed by atoms with E-state index in [1.54, 1.807) is 12.1 Å². The Morgan fingerprint density at radius 1 is 1.47 bits per heavy atom. The van der Waals surface area contributed by atoms with Gasteiger partial charge in [0.25, 0.3) is 0 Å². The van der Waals surface area contributed by atoms with E-state index < -0.39 is 23.6 Å². The van der Waals surface area contributed by atoms with E-state index in [1.807, 2.05) is 18.2 Å². The zero-order valence-electron chi connectivity index (χ0n) is 10.7. The Morgan fingerprint density at radius 3 is 2.63 bits per heavy atom. The summed E-state index contributed by atoms with van der Waals surface area (Å²) in [6.07, 6.45) is 0.579. The van der Waals surface area contributed by atoms with Gasteiger partial charge in [0, 0.05) is 13.5 Å². The number of hydrogen-bond donors (Lipinski definition) is 0. The zero-order chi connectivity index (χ0) is 14.3. The van der Waals surface area contributed by atoms with Gasteiger partial charge >= 0.3 is 5.92 Å². The summed E-state index contributed by atoms with van der Waals surface area (Å²) >= 11 is 5.63. The van der Waals surface area contributed by atoms with Gasteiger partial charge in [-0.05, 0) is 5.56 Å². The number of aliphatic imine (C=N–C) groups is 1. The molecular formula is C14H16ClF2NO. The molecule has 0 radical (unpaired) electrons. The van der Waals surface area contributed by atoms with Crippen LogP contribution in [0, 0.1) is 0 Å². The third-order valence-corrected chi connectivity index (χ3v) is 2.85. The quantitative estimate of drug-likeness (QED) is 0.543. The summed E-state index contributed by atoms with van der Waals surface area (Å²) in [5.74, 6) is -3.19. The van der Waals surface area contributed by atoms with Crippen LogP contribution >= 0.6 is 11.6 Å². The maximum absolute atomic E-state index is 13.6. The fourth-order valence-electron chi connectivity index (χ4n) is 1.54. The van der Waals surface area contributed by atoms with E-state index in [-0.39, 0.29) is 6.61 Å². The number of nitrogens with zero attached hydrogens (tertiary/aromatic N) is 1. The summed E-state index contributed by atoms with van der Waals surface area (Å²) in [5.41, 5.74) is 0.775. The van der Waals surface area contributed by atoms with Crippen molar-refractivity contribution in [3.63, 3.8) is 0 Å². The summed E-state index contributed by atoms with van der Waals surface area (Å²) < 4.78 is 32.1. The minimum absolute atomic E-state index is 0.185. The van der Waals surface area contributed by atoms with Crippen molar-refractivity contribution < 1.29 is 13.5 Å². The first-order valence-electron chi connectivity index (χ1n) is 5.77. The molecule has 0 bridgehead atoms. The van der Waals surface area contributed by atoms with Crippen molar-refractivity contribution in [2.24, 2.45) is 4.99 Å². The zero-order valence-corrected chi connectivity index (χ0v) is 11.4. The first-order valence-corrected chi connectivity index (χ1v) is 6.15. The van der Waals surface area contributed by atoms with Gasteiger partial charge in [0.15, 0.2) is 5.17 Å². The van der Waals surface area contributed by atoms with Crippen molar-refractivity contribution in [1.29, 1.82) is 0 Å². The molecule has 0 spiro atoms. The van der Waals surface area contributed by atoms with Gasteiger partial charge in [-0.15, -0.1) is 6.58 Å². The average Bonchev–Trinajstić information content (AvgIpc) is 2.39. The van der Waals surface area contributed by atoms with Crippen LogP contribution in [0.25, 0.3) is 0 Å². The number of allylic oxidation sites excluding steroid dienone is 1. The van der Waals surface area contributed by atoms with Crippen LogP contribution in [-0.2, 0) is 4.74 Å². The van der Waals surface area contributed by atoms with Crippen LogP contribution in [0.3, 0.4) is 0 Å². The first kappa shape index (κ1) is 15.8. The van der Waals surface area contributed by atoms with E-state index in [9.17, 15) is 8.78 Å². The van der Waals surface area contributed by atoms with E-state index in [0.29, 0.717) is 0 Å². The highest BCUT2D eigenvalue weighted by Crippen LogP contribution is 2.27. The lowest BCUT2D eigenvalue weighted by Crippen LogP contribution is -2.24. The normalized spacial score (nSPS) is 14.2. The highest BCUT2D eigenvalue weighted by Gasteiger charge is 2.34. The lowest BCUT2D eigenvalue weighted by atomic mass is 10.1. The van der Waals surface area contributed by atoms with Crippen LogP contribution in [0.4, 0.5) is 8.78 Å². The number of methoxy groups -OCH3 is 1. The highest BCUT2D eigenvalue weighted by atomic mass is 35.5. The molecule has 0 fully saturated rings. The largest absolute Gasteiger partial charge is 0.382 e. The summed E-state index contributed by atoms with van der Waals surface area (Å²) in [6, 6.07) is 8.50. The van der Waals surface area contributed by atoms with E-state index >= 15 is 0 Å². The molecule has 0 saturated carbocycles. The maximum atomic E-state index is 13.6. The second-order valence-electron chi connectivity index (χ2n) is 4.00. The van der Waals surface area contributed by atoms with Crippen molar-refractivity contribution in [3.8, 4) is 0 Å². The lowest BCUT2D eigenvalue weighted by molar-refractivity contribution is 0.0838. The fraction of sp³-hybridized carbons (Fsp3) is 0.357. The lowest BCUT2D eigenvalue weighted by Gasteiger charge is -2.17. The summed E-state index contributed by atoms with van der Waals surface area (Å²) in [4.78, 5) is 3.89. The predicted molar refractivity (Wildman–Crippen MR) is 74.1 cm³/mol. The summed E-state index contributed by atoms with van der Waals surface area (Å²) in [6.45, 7) is 3.47. The van der Waals surface area contributed by atoms with Crippen LogP contribution in [0.5, 0.6) is 0 Å². The molecule has 0 N–H and O–H groups in total. The minimum atomic E-state index is -3.19. The van der Waals surface area contributed by atoms with E-state index in [2.05, 4.69) is 11.6 Å². The molecule has 0 aliphatic rings. The van der Waals surface area contributed by atoms with Gasteiger partial charge in [0.1, 0.15) is 0 Å². The molecule has 1 aromatic rings. The van der Waals surface area contributed by atoms with Gasteiger partial charge in [0.05, 0.1) is 12.6 Å². The molecule has 5 heteroatoms. The Labute approximate surface area is 116 Å². The topological polar surface area (TPSA) is 21.6 Å². The van der Waals surface area contributed by atoms with Crippen molar-refractivity contribution in [2.45, 2.75) is 18.4 Å². The fourth-order valence-corrected chi connectivity index (χ4v) is 1.73. The van der Waals surface area contributed by atoms with Crippen LogP contribution < -0.4 is 0 Å². The SMILES string of the molecule is C=CCC(F)(F)C(Cl)=N[C@@H](COC)c1ccccc1. The predicted octanol–water partition coefficient (Wildman–Crippen LogP) is 4.22. The second-order valence-corrected chi connectivity index (χ2v) is 4.36. The number of ether oxygens (including phenoxy) is 1. The molecule has 0 aliphatic carbocycles. The number of hydrogen-bond acceptors (Lipinski definition) is 2. The number of alkyl halides is 2. The van der Waals surface area contributed by atoms with Crippen molar-refractivity contribution in [1.82, 2.24) is 0 Å². The van der Waals surface area contributed by atoms with Gasteiger partial charge in [-0.1, -0.05) is 48.0 Å². The Hall–Kier alpha value is -1.26. The molecule has 0 aromatic heterocycles. The Bertz CT molecular complexity index is 434. The standard InChI is InChI=1S/C14H16ClF2NO/c1-3-9-14(16,17)13(15)18-12(10-19-2)11-7-5-4-6-8-11/h3-8,12H,1,9-10H2,2H3/t12-/m0/s1. The highest BCUT2D eigenvalue weighted by molar-refractivity contribution is 6.67. The molecule has 0 saturated heterocycles. The van der Waals surface area contributed by atoms with Gasteiger partial charge in [-0.25, -0.2) is 0 Å². The molecule has 0 unspecified atom stereocenters. The van der Waals surface area contributed by atoms with E-state index in [1.165, 1.54) is 7.11 Å². The van der Waals surface area contributed by atoms with Crippen LogP contribution in [0.15, 0.2) is 48.0 Å². The van der Waals surface area contributed by atoms with Crippen LogP contribution in [0.1, 0.15) is 18.0 Å². The third-order valence-electron chi connectivity index (χ3n) is 2.48. The summed E-state index contributed by atoms with van der Waals surface area (Å²) in [5, 5.41) is -0.724. The molecule has 1 aromatic carbocycles. The van der Waals surface area contributed by atoms with Gasteiger partial charge < -0.3 is 4.74 Å². The average molecular weight is 288 g/mol. The number of benzene rings is 1. The monoisotopic (exact) mass is 287 g/mol. The Balaban J connectivity index is 2.98. The molecule has 19 heavy (non-hydrogen) atoms. The van der Waals surface area contributed by atoms with Crippen molar-refractivity contribution in [3.05, 3.63) is 48.6 Å². The van der Waals surface area contributed by atoms with Crippen molar-refractivity contribution in [2.75, 3.05) is 13.7 Å². The molecule has 0 aliphatic heterocycles. The Morgan fingerprint density at radius 2 is 2.11 bits per heavy atom. The van der Waals surface area contributed by atoms with Gasteiger partial charge in [-0.3, -0.25) is 4.99 Å². The minimum Gasteiger partial charge on any atom is -0.382 e. The van der Waals surface area contributed by atoms with Crippen LogP contribution in [0.2, 0.25) is 0 Å². The first-order chi connectivity index (χ1) is 9.01. The van der Waals surface area contributed by atoms with E-state index in [0.717, 1.165) is 11.6 Å². The van der Waals surface area contributed by atoms with Gasteiger partial charge in [0.2, 0.25) is 0 Å². The molecule has 1 rings (SSSR count). The molecule has 0 amide bonds. The van der Waals surface area contributed by atoms with E-state index in [4.69, 9.17) is 16.3 Å². The number of halogens is 3. The summed E-state index contributed by atoms with van der Waals surface area (Å²) in [7, 11) is 1.49. The molecule has 104 valence electrons. The third kappa shape index (κ3) is 4.73. The molecule has 1 atom stereocenters. The molecular weight excluding hydrogens is 272 g/mol. The Kier molecular flexibility index (Phi) is 6.12. The van der Waals surface area contributed by atoms with Gasteiger partial charge in [-0.2, -0.15) is 8.78 Å².